The summed E-state index contributed by atoms with van der Waals surface area (Å²) in [7, 11) is 0. The van der Waals surface area contributed by atoms with Crippen molar-refractivity contribution in [1.82, 2.24) is 0 Å². The van der Waals surface area contributed by atoms with Gasteiger partial charge in [-0.15, -0.1) is 11.8 Å². The summed E-state index contributed by atoms with van der Waals surface area (Å²) >= 11 is 1.96. The maximum atomic E-state index is 5.72. The Morgan fingerprint density at radius 1 is 1.25 bits per heavy atom. The molecule has 0 atom stereocenters. The lowest BCUT2D eigenvalue weighted by Gasteiger charge is -2.21. The van der Waals surface area contributed by atoms with Gasteiger partial charge < -0.3 is 5.73 Å². The lowest BCUT2D eigenvalue weighted by molar-refractivity contribution is 0.345. The van der Waals surface area contributed by atoms with Gasteiger partial charge in [-0.25, -0.2) is 0 Å². The van der Waals surface area contributed by atoms with E-state index in [1.807, 2.05) is 11.8 Å². The molecule has 0 aliphatic heterocycles. The molecule has 0 radical (unpaired) electrons. The van der Waals surface area contributed by atoms with E-state index >= 15 is 0 Å². The molecule has 0 aliphatic rings. The van der Waals surface area contributed by atoms with E-state index in [2.05, 4.69) is 45.0 Å². The minimum Gasteiger partial charge on any atom is -0.330 e. The van der Waals surface area contributed by atoms with E-state index in [9.17, 15) is 0 Å². The molecule has 1 nitrogen and oxygen atoms in total. The van der Waals surface area contributed by atoms with Crippen LogP contribution in [0, 0.1) is 12.3 Å². The Bertz CT molecular complexity index is 320. The number of benzene rings is 1. The molecule has 16 heavy (non-hydrogen) atoms. The van der Waals surface area contributed by atoms with E-state index in [1.54, 1.807) is 0 Å². The predicted molar refractivity (Wildman–Crippen MR) is 74.0 cm³/mol. The van der Waals surface area contributed by atoms with Gasteiger partial charge >= 0.3 is 0 Å². The highest BCUT2D eigenvalue weighted by Crippen LogP contribution is 2.26. The number of hydrogen-bond donors (Lipinski definition) is 1. The van der Waals surface area contributed by atoms with Crippen LogP contribution >= 0.6 is 11.8 Å². The fourth-order valence-corrected chi connectivity index (χ4v) is 2.53. The fraction of sp³-hybridized carbons (Fsp3) is 0.571. The van der Waals surface area contributed by atoms with E-state index in [4.69, 9.17) is 5.73 Å². The second kappa shape index (κ2) is 6.31. The minimum absolute atomic E-state index is 0.298. The highest BCUT2D eigenvalue weighted by molar-refractivity contribution is 7.99. The van der Waals surface area contributed by atoms with E-state index < -0.39 is 0 Å². The van der Waals surface area contributed by atoms with Crippen molar-refractivity contribution < 1.29 is 0 Å². The molecule has 0 aromatic heterocycles. The van der Waals surface area contributed by atoms with E-state index in [0.717, 1.165) is 6.54 Å². The van der Waals surface area contributed by atoms with Crippen molar-refractivity contribution in [2.45, 2.75) is 38.5 Å². The Hall–Kier alpha value is -0.470. The number of nitrogens with two attached hydrogens (primary N) is 1. The highest BCUT2D eigenvalue weighted by Gasteiger charge is 2.14. The summed E-state index contributed by atoms with van der Waals surface area (Å²) in [5.74, 6) is 1.19. The molecule has 0 heterocycles. The lowest BCUT2D eigenvalue weighted by Crippen LogP contribution is -2.23. The first-order valence-electron chi connectivity index (χ1n) is 5.94. The maximum Gasteiger partial charge on any atom is 0.0101 e. The first-order chi connectivity index (χ1) is 7.55. The third-order valence-electron chi connectivity index (χ3n) is 2.90. The molecule has 0 amide bonds. The Morgan fingerprint density at radius 2 is 1.94 bits per heavy atom. The molecule has 2 N–H and O–H groups in total. The number of aryl methyl sites for hydroxylation is 1. The van der Waals surface area contributed by atoms with Crippen LogP contribution in [0.4, 0.5) is 0 Å². The predicted octanol–water partition coefficient (Wildman–Crippen LogP) is 3.85. The SMILES string of the molecule is Cc1ccccc1SCCCC(C)(C)CN. The quantitative estimate of drug-likeness (QED) is 0.600. The second-order valence-corrected chi connectivity index (χ2v) is 6.22. The van der Waals surface area contributed by atoms with Crippen molar-refractivity contribution in [3.05, 3.63) is 29.8 Å². The van der Waals surface area contributed by atoms with Gasteiger partial charge in [-0.3, -0.25) is 0 Å². The van der Waals surface area contributed by atoms with Gasteiger partial charge in [0.25, 0.3) is 0 Å². The summed E-state index contributed by atoms with van der Waals surface area (Å²) in [6, 6.07) is 8.58. The zero-order valence-corrected chi connectivity index (χ0v) is 11.4. The van der Waals surface area contributed by atoms with Crippen LogP contribution in [0.2, 0.25) is 0 Å². The first kappa shape index (κ1) is 13.6. The van der Waals surface area contributed by atoms with E-state index in [1.165, 1.54) is 29.1 Å². The van der Waals surface area contributed by atoms with Crippen LogP contribution in [0.3, 0.4) is 0 Å². The van der Waals surface area contributed by atoms with Gasteiger partial charge in [0.05, 0.1) is 0 Å². The summed E-state index contributed by atoms with van der Waals surface area (Å²) in [5, 5.41) is 0. The van der Waals surface area contributed by atoms with Crippen molar-refractivity contribution in [3.63, 3.8) is 0 Å². The average Bonchev–Trinajstić information content (AvgIpc) is 2.27. The van der Waals surface area contributed by atoms with Gasteiger partial charge in [0.15, 0.2) is 0 Å². The van der Waals surface area contributed by atoms with Crippen molar-refractivity contribution in [1.29, 1.82) is 0 Å². The molecule has 0 saturated heterocycles. The molecule has 0 fully saturated rings. The Balaban J connectivity index is 2.29. The number of thioether (sulfide) groups is 1. The van der Waals surface area contributed by atoms with Crippen LogP contribution in [0.1, 0.15) is 32.3 Å². The normalized spacial score (nSPS) is 11.8. The summed E-state index contributed by atoms with van der Waals surface area (Å²) in [6.45, 7) is 7.44. The van der Waals surface area contributed by atoms with Gasteiger partial charge in [-0.1, -0.05) is 32.0 Å². The summed E-state index contributed by atoms with van der Waals surface area (Å²) in [6.07, 6.45) is 2.45. The van der Waals surface area contributed by atoms with Crippen molar-refractivity contribution >= 4 is 11.8 Å². The van der Waals surface area contributed by atoms with Crippen LogP contribution in [0.25, 0.3) is 0 Å². The third kappa shape index (κ3) is 4.58. The third-order valence-corrected chi connectivity index (χ3v) is 4.16. The topological polar surface area (TPSA) is 26.0 Å². The minimum atomic E-state index is 0.298. The van der Waals surface area contributed by atoms with E-state index in [0.29, 0.717) is 5.41 Å². The Kier molecular flexibility index (Phi) is 5.36. The van der Waals surface area contributed by atoms with Crippen LogP contribution in [-0.2, 0) is 0 Å². The van der Waals surface area contributed by atoms with Crippen LogP contribution in [-0.4, -0.2) is 12.3 Å². The summed E-state index contributed by atoms with van der Waals surface area (Å²) < 4.78 is 0. The van der Waals surface area contributed by atoms with Gasteiger partial charge in [0.2, 0.25) is 0 Å². The zero-order valence-electron chi connectivity index (χ0n) is 10.6. The molecule has 0 aliphatic carbocycles. The molecule has 1 rings (SSSR count). The van der Waals surface area contributed by atoms with Crippen molar-refractivity contribution in [2.24, 2.45) is 11.1 Å². The largest absolute Gasteiger partial charge is 0.330 e. The molecule has 1 aromatic rings. The molecule has 0 bridgehead atoms. The maximum absolute atomic E-state index is 5.72. The van der Waals surface area contributed by atoms with Crippen LogP contribution in [0.15, 0.2) is 29.2 Å². The highest BCUT2D eigenvalue weighted by atomic mass is 32.2. The van der Waals surface area contributed by atoms with Crippen molar-refractivity contribution in [2.75, 3.05) is 12.3 Å². The molecule has 0 saturated carbocycles. The molecule has 1 aromatic carbocycles. The smallest absolute Gasteiger partial charge is 0.0101 e. The lowest BCUT2D eigenvalue weighted by atomic mass is 9.88. The fourth-order valence-electron chi connectivity index (χ4n) is 1.55. The second-order valence-electron chi connectivity index (χ2n) is 5.09. The zero-order chi connectivity index (χ0) is 12.0. The summed E-state index contributed by atoms with van der Waals surface area (Å²) in [5.41, 5.74) is 7.40. The van der Waals surface area contributed by atoms with Crippen LogP contribution in [0.5, 0.6) is 0 Å². The molecule has 0 spiro atoms. The number of rotatable bonds is 6. The average molecular weight is 237 g/mol. The molecule has 2 heteroatoms. The molecule has 90 valence electrons. The number of hydrogen-bond acceptors (Lipinski definition) is 2. The van der Waals surface area contributed by atoms with Crippen molar-refractivity contribution in [3.8, 4) is 0 Å². The molecular formula is C14H23NS. The Labute approximate surface area is 104 Å². The van der Waals surface area contributed by atoms with Crippen LogP contribution < -0.4 is 5.73 Å². The van der Waals surface area contributed by atoms with Gasteiger partial charge in [-0.05, 0) is 49.1 Å². The van der Waals surface area contributed by atoms with E-state index in [-0.39, 0.29) is 0 Å². The first-order valence-corrected chi connectivity index (χ1v) is 6.92. The molecular weight excluding hydrogens is 214 g/mol. The molecule has 0 unspecified atom stereocenters. The monoisotopic (exact) mass is 237 g/mol. The van der Waals surface area contributed by atoms with Gasteiger partial charge in [-0.2, -0.15) is 0 Å². The standard InChI is InChI=1S/C14H23NS/c1-12-7-4-5-8-13(12)16-10-6-9-14(2,3)11-15/h4-5,7-8H,6,9-11,15H2,1-3H3. The van der Waals surface area contributed by atoms with Gasteiger partial charge in [0.1, 0.15) is 0 Å². The summed E-state index contributed by atoms with van der Waals surface area (Å²) in [4.78, 5) is 1.41. The Morgan fingerprint density at radius 3 is 2.56 bits per heavy atom. The van der Waals surface area contributed by atoms with Gasteiger partial charge in [0, 0.05) is 4.90 Å².